The predicted molar refractivity (Wildman–Crippen MR) is 115 cm³/mol. The van der Waals surface area contributed by atoms with E-state index in [0.29, 0.717) is 0 Å². The van der Waals surface area contributed by atoms with Gasteiger partial charge in [-0.1, -0.05) is 42.5 Å². The van der Waals surface area contributed by atoms with Crippen molar-refractivity contribution in [3.63, 3.8) is 0 Å². The Bertz CT molecular complexity index is 1350. The molecule has 0 amide bonds. The Balaban J connectivity index is 1.79. The molecule has 3 aromatic carbocycles. The molecule has 28 heavy (non-hydrogen) atoms. The molecular formula is C25H22N3+. The molecule has 0 atom stereocenters. The number of fused-ring (bicyclic) bond motifs is 2. The summed E-state index contributed by atoms with van der Waals surface area (Å²) in [5, 5.41) is 2.51. The van der Waals surface area contributed by atoms with Crippen LogP contribution in [-0.4, -0.2) is 9.55 Å². The van der Waals surface area contributed by atoms with Gasteiger partial charge in [0.1, 0.15) is 12.9 Å². The molecular weight excluding hydrogens is 342 g/mol. The summed E-state index contributed by atoms with van der Waals surface area (Å²) in [7, 11) is 4.21. The number of benzene rings is 3. The third-order valence-corrected chi connectivity index (χ3v) is 5.66. The highest BCUT2D eigenvalue weighted by Crippen LogP contribution is 2.34. The van der Waals surface area contributed by atoms with E-state index in [9.17, 15) is 0 Å². The monoisotopic (exact) mass is 364 g/mol. The topological polar surface area (TPSA) is 21.7 Å². The molecule has 0 saturated carbocycles. The van der Waals surface area contributed by atoms with Gasteiger partial charge in [-0.15, -0.1) is 0 Å². The zero-order chi connectivity index (χ0) is 19.3. The van der Waals surface area contributed by atoms with Crippen LogP contribution < -0.4 is 4.57 Å². The Morgan fingerprint density at radius 2 is 1.57 bits per heavy atom. The van der Waals surface area contributed by atoms with Crippen molar-refractivity contribution >= 4 is 21.8 Å². The van der Waals surface area contributed by atoms with E-state index in [1.165, 1.54) is 33.2 Å². The van der Waals surface area contributed by atoms with Gasteiger partial charge in [0.05, 0.1) is 22.0 Å². The maximum atomic E-state index is 4.92. The second-order valence-electron chi connectivity index (χ2n) is 7.32. The minimum absolute atomic E-state index is 1.00. The summed E-state index contributed by atoms with van der Waals surface area (Å²) in [6, 6.07) is 25.6. The second-order valence-corrected chi connectivity index (χ2v) is 7.32. The van der Waals surface area contributed by atoms with Crippen molar-refractivity contribution in [1.29, 1.82) is 0 Å². The van der Waals surface area contributed by atoms with Gasteiger partial charge in [0.15, 0.2) is 6.20 Å². The Kier molecular flexibility index (Phi) is 3.76. The first kappa shape index (κ1) is 16.7. The van der Waals surface area contributed by atoms with Crippen molar-refractivity contribution in [1.82, 2.24) is 9.55 Å². The zero-order valence-electron chi connectivity index (χ0n) is 16.3. The lowest BCUT2D eigenvalue weighted by Crippen LogP contribution is -2.30. The van der Waals surface area contributed by atoms with Gasteiger partial charge >= 0.3 is 0 Å². The maximum Gasteiger partial charge on any atom is 0.220 e. The molecule has 3 heteroatoms. The fraction of sp³-hybridized carbons (Fsp3) is 0.120. The number of hydrogen-bond donors (Lipinski definition) is 0. The summed E-state index contributed by atoms with van der Waals surface area (Å²) < 4.78 is 4.40. The number of para-hydroxylation sites is 2. The number of aromatic nitrogens is 3. The van der Waals surface area contributed by atoms with Crippen molar-refractivity contribution in [3.8, 4) is 22.6 Å². The number of rotatable bonds is 2. The van der Waals surface area contributed by atoms with Crippen LogP contribution >= 0.6 is 0 Å². The van der Waals surface area contributed by atoms with Crippen LogP contribution in [-0.2, 0) is 14.1 Å². The van der Waals surface area contributed by atoms with Gasteiger partial charge in [-0.05, 0) is 42.1 Å². The van der Waals surface area contributed by atoms with Crippen molar-refractivity contribution in [2.24, 2.45) is 14.1 Å². The van der Waals surface area contributed by atoms with E-state index in [1.807, 2.05) is 6.07 Å². The van der Waals surface area contributed by atoms with Crippen molar-refractivity contribution in [2.45, 2.75) is 6.92 Å². The Hall–Kier alpha value is -3.46. The van der Waals surface area contributed by atoms with E-state index in [0.717, 1.165) is 16.9 Å². The summed E-state index contributed by atoms with van der Waals surface area (Å²) in [4.78, 5) is 4.92. The van der Waals surface area contributed by atoms with Gasteiger partial charge in [0.25, 0.3) is 0 Å². The number of pyridine rings is 1. The lowest BCUT2D eigenvalue weighted by atomic mass is 9.96. The van der Waals surface area contributed by atoms with Crippen LogP contribution in [0.4, 0.5) is 0 Å². The fourth-order valence-electron chi connectivity index (χ4n) is 4.17. The molecule has 0 aliphatic rings. The smallest absolute Gasteiger partial charge is 0.220 e. The summed E-state index contributed by atoms with van der Waals surface area (Å²) in [6.45, 7) is 2.20. The highest BCUT2D eigenvalue weighted by atomic mass is 15.1. The van der Waals surface area contributed by atoms with Crippen LogP contribution in [0.3, 0.4) is 0 Å². The number of nitrogens with zero attached hydrogens (tertiary/aromatic N) is 3. The molecule has 0 fully saturated rings. The van der Waals surface area contributed by atoms with Crippen LogP contribution in [0.5, 0.6) is 0 Å². The Labute approximate surface area is 164 Å². The van der Waals surface area contributed by atoms with E-state index in [1.54, 1.807) is 0 Å². The average Bonchev–Trinajstić information content (AvgIpc) is 3.05. The molecule has 0 bridgehead atoms. The van der Waals surface area contributed by atoms with Crippen LogP contribution in [0, 0.1) is 6.92 Å². The summed E-state index contributed by atoms with van der Waals surface area (Å²) in [5.41, 5.74) is 7.07. The molecule has 0 unspecified atom stereocenters. The minimum atomic E-state index is 1.00. The minimum Gasteiger partial charge on any atom is -0.327 e. The molecule has 5 aromatic rings. The largest absolute Gasteiger partial charge is 0.327 e. The first-order chi connectivity index (χ1) is 13.6. The van der Waals surface area contributed by atoms with Gasteiger partial charge in [0.2, 0.25) is 5.69 Å². The van der Waals surface area contributed by atoms with Crippen LogP contribution in [0.1, 0.15) is 5.56 Å². The van der Waals surface area contributed by atoms with Crippen molar-refractivity contribution in [2.75, 3.05) is 0 Å². The summed E-state index contributed by atoms with van der Waals surface area (Å²) in [5.74, 6) is 1.00. The zero-order valence-corrected chi connectivity index (χ0v) is 16.3. The normalized spacial score (nSPS) is 11.4. The average molecular weight is 364 g/mol. The summed E-state index contributed by atoms with van der Waals surface area (Å²) >= 11 is 0. The third kappa shape index (κ3) is 2.43. The molecule has 3 nitrogen and oxygen atoms in total. The molecule has 0 N–H and O–H groups in total. The van der Waals surface area contributed by atoms with E-state index >= 15 is 0 Å². The third-order valence-electron chi connectivity index (χ3n) is 5.66. The van der Waals surface area contributed by atoms with Crippen LogP contribution in [0.25, 0.3) is 44.5 Å². The number of aryl methyl sites for hydroxylation is 2. The quantitative estimate of drug-likeness (QED) is 0.395. The second kappa shape index (κ2) is 6.31. The molecule has 0 saturated heterocycles. The highest BCUT2D eigenvalue weighted by molar-refractivity contribution is 5.94. The van der Waals surface area contributed by atoms with Crippen LogP contribution in [0.2, 0.25) is 0 Å². The van der Waals surface area contributed by atoms with E-state index < -0.39 is 0 Å². The number of imidazole rings is 1. The Morgan fingerprint density at radius 3 is 2.43 bits per heavy atom. The van der Waals surface area contributed by atoms with E-state index in [-0.39, 0.29) is 0 Å². The van der Waals surface area contributed by atoms with E-state index in [2.05, 4.69) is 103 Å². The van der Waals surface area contributed by atoms with E-state index in [4.69, 9.17) is 4.98 Å². The van der Waals surface area contributed by atoms with Gasteiger partial charge < -0.3 is 4.57 Å². The molecule has 2 aromatic heterocycles. The SMILES string of the molecule is Cc1c(-c2nc3ccccc3n2C)cccc1-c1c2ccccc2cc[n+]1C. The Morgan fingerprint density at radius 1 is 0.821 bits per heavy atom. The molecule has 5 rings (SSSR count). The van der Waals surface area contributed by atoms with Crippen LogP contribution in [0.15, 0.2) is 79.0 Å². The van der Waals surface area contributed by atoms with Gasteiger partial charge in [-0.2, -0.15) is 0 Å². The standard InChI is InChI=1S/C25H22N3/c1-17-19(24-21-10-5-4-9-18(21)15-16-27(24)2)11-8-12-20(17)25-26-22-13-6-7-14-23(22)28(25)3/h4-16H,1-3H3/q+1. The van der Waals surface area contributed by atoms with Gasteiger partial charge in [-0.25, -0.2) is 9.55 Å². The molecule has 2 heterocycles. The highest BCUT2D eigenvalue weighted by Gasteiger charge is 2.20. The van der Waals surface area contributed by atoms with Crippen molar-refractivity contribution in [3.05, 3.63) is 84.6 Å². The lowest BCUT2D eigenvalue weighted by Gasteiger charge is -2.12. The molecule has 136 valence electrons. The van der Waals surface area contributed by atoms with Gasteiger partial charge in [-0.3, -0.25) is 0 Å². The predicted octanol–water partition coefficient (Wildman–Crippen LogP) is 5.19. The molecule has 0 aliphatic heterocycles. The molecule has 0 radical (unpaired) electrons. The first-order valence-corrected chi connectivity index (χ1v) is 9.54. The summed E-state index contributed by atoms with van der Waals surface area (Å²) in [6.07, 6.45) is 2.14. The molecule has 0 aliphatic carbocycles. The van der Waals surface area contributed by atoms with Gasteiger partial charge in [0, 0.05) is 18.7 Å². The lowest BCUT2D eigenvalue weighted by molar-refractivity contribution is -0.659. The van der Waals surface area contributed by atoms with Crippen molar-refractivity contribution < 1.29 is 4.57 Å². The fourth-order valence-corrected chi connectivity index (χ4v) is 4.17. The molecule has 0 spiro atoms. The first-order valence-electron chi connectivity index (χ1n) is 9.54. The maximum absolute atomic E-state index is 4.92. The number of hydrogen-bond acceptors (Lipinski definition) is 1.